The van der Waals surface area contributed by atoms with Gasteiger partial charge < -0.3 is 4.98 Å². The smallest absolute Gasteiger partial charge is 0.204 e. The summed E-state index contributed by atoms with van der Waals surface area (Å²) in [4.78, 5) is 50.5. The van der Waals surface area contributed by atoms with Gasteiger partial charge in [-0.3, -0.25) is 19.7 Å². The summed E-state index contributed by atoms with van der Waals surface area (Å²) in [6, 6.07) is 21.8. The number of para-hydroxylation sites is 2. The number of carbonyl (C=O) groups excluding carboxylic acids is 3. The maximum Gasteiger partial charge on any atom is 0.204 e. The third-order valence-electron chi connectivity index (χ3n) is 8.16. The molecule has 37 heavy (non-hydrogen) atoms. The van der Waals surface area contributed by atoms with Crippen LogP contribution in [0.2, 0.25) is 0 Å². The van der Waals surface area contributed by atoms with Gasteiger partial charge in [-0.05, 0) is 35.7 Å². The van der Waals surface area contributed by atoms with E-state index >= 15 is 0 Å². The first-order chi connectivity index (χ1) is 17.9. The Morgan fingerprint density at radius 2 is 1.59 bits per heavy atom. The van der Waals surface area contributed by atoms with Crippen LogP contribution < -0.4 is 5.32 Å². The number of benzene rings is 3. The van der Waals surface area contributed by atoms with Crippen LogP contribution in [0.1, 0.15) is 63.1 Å². The number of Topliss-reactive ketones (excluding diaryl/α,β-unsaturated/α-hetero) is 3. The summed E-state index contributed by atoms with van der Waals surface area (Å²) in [5, 5.41) is 3.49. The Hall–Kier alpha value is -3.42. The number of hydrogen-bond acceptors (Lipinski definition) is 5. The first-order valence-electron chi connectivity index (χ1n) is 12.6. The summed E-state index contributed by atoms with van der Waals surface area (Å²) in [7, 11) is 0. The molecular weight excluding hydrogens is 530 g/mol. The zero-order valence-corrected chi connectivity index (χ0v) is 22.1. The van der Waals surface area contributed by atoms with E-state index in [0.717, 1.165) is 22.0 Å². The lowest BCUT2D eigenvalue weighted by Gasteiger charge is -2.29. The predicted octanol–water partition coefficient (Wildman–Crippen LogP) is 5.74. The fourth-order valence-electron chi connectivity index (χ4n) is 6.15. The summed E-state index contributed by atoms with van der Waals surface area (Å²) >= 11 is 3.50. The van der Waals surface area contributed by atoms with Crippen LogP contribution in [-0.2, 0) is 0 Å². The number of hydrogen-bond donors (Lipinski definition) is 2. The molecule has 186 valence electrons. The third-order valence-corrected chi connectivity index (χ3v) is 8.69. The van der Waals surface area contributed by atoms with E-state index in [-0.39, 0.29) is 35.1 Å². The summed E-state index contributed by atoms with van der Waals surface area (Å²) in [5.41, 5.74) is 1.34. The minimum absolute atomic E-state index is 0.100. The van der Waals surface area contributed by atoms with Crippen molar-refractivity contribution in [3.63, 3.8) is 0 Å². The summed E-state index contributed by atoms with van der Waals surface area (Å²) < 4.78 is 0.914. The largest absolute Gasteiger partial charge is 0.335 e. The van der Waals surface area contributed by atoms with Gasteiger partial charge in [0.2, 0.25) is 5.78 Å². The number of aromatic amines is 1. The Balaban J connectivity index is 1.59. The first-order valence-corrected chi connectivity index (χ1v) is 13.4. The van der Waals surface area contributed by atoms with Gasteiger partial charge in [-0.1, -0.05) is 84.7 Å². The van der Waals surface area contributed by atoms with Crippen molar-refractivity contribution >= 4 is 44.3 Å². The van der Waals surface area contributed by atoms with Gasteiger partial charge in [-0.15, -0.1) is 0 Å². The Bertz CT molecular complexity index is 1490. The van der Waals surface area contributed by atoms with Crippen molar-refractivity contribution in [1.29, 1.82) is 0 Å². The number of fused-ring (bicyclic) bond motifs is 2. The molecule has 4 atom stereocenters. The van der Waals surface area contributed by atoms with Crippen LogP contribution in [0.15, 0.2) is 77.3 Å². The molecule has 0 bridgehead atoms. The van der Waals surface area contributed by atoms with Crippen LogP contribution in [0.3, 0.4) is 0 Å². The van der Waals surface area contributed by atoms with E-state index in [1.165, 1.54) is 0 Å². The minimum atomic E-state index is -1.69. The average molecular weight is 556 g/mol. The maximum atomic E-state index is 14.5. The molecule has 2 aliphatic rings. The summed E-state index contributed by atoms with van der Waals surface area (Å²) in [6.45, 7) is 4.18. The second kappa shape index (κ2) is 8.85. The number of H-pyrrole nitrogens is 1. The molecule has 2 N–H and O–H groups in total. The van der Waals surface area contributed by atoms with Gasteiger partial charge in [-0.2, -0.15) is 0 Å². The highest BCUT2D eigenvalue weighted by atomic mass is 79.9. The fourth-order valence-corrected chi connectivity index (χ4v) is 6.42. The number of halogens is 1. The fraction of sp³-hybridized carbons (Fsp3) is 0.267. The minimum Gasteiger partial charge on any atom is -0.335 e. The van der Waals surface area contributed by atoms with Gasteiger partial charge >= 0.3 is 0 Å². The van der Waals surface area contributed by atoms with Gasteiger partial charge in [0.05, 0.1) is 17.0 Å². The Morgan fingerprint density at radius 1 is 0.973 bits per heavy atom. The molecule has 1 aromatic heterocycles. The number of rotatable bonds is 5. The molecule has 1 aliphatic carbocycles. The van der Waals surface area contributed by atoms with Crippen LogP contribution in [0.5, 0.6) is 0 Å². The van der Waals surface area contributed by atoms with Crippen molar-refractivity contribution in [1.82, 2.24) is 15.3 Å². The molecule has 0 amide bonds. The van der Waals surface area contributed by atoms with Crippen molar-refractivity contribution in [2.45, 2.75) is 37.8 Å². The number of imidazole rings is 1. The summed E-state index contributed by atoms with van der Waals surface area (Å²) in [5.74, 6) is -2.13. The molecular formula is C30H26BrN3O3. The molecule has 0 saturated carbocycles. The van der Waals surface area contributed by atoms with E-state index in [1.54, 1.807) is 24.3 Å². The molecule has 2 heterocycles. The normalized spacial score (nSPS) is 23.1. The first kappa shape index (κ1) is 23.9. The second-order valence-electron chi connectivity index (χ2n) is 10.1. The predicted molar refractivity (Wildman–Crippen MR) is 145 cm³/mol. The second-order valence-corrected chi connectivity index (χ2v) is 11.0. The number of aromatic nitrogens is 2. The molecule has 6 nitrogen and oxygen atoms in total. The van der Waals surface area contributed by atoms with Gasteiger partial charge in [0.15, 0.2) is 22.9 Å². The lowest BCUT2D eigenvalue weighted by Crippen LogP contribution is -2.58. The molecule has 1 fully saturated rings. The molecule has 1 spiro atoms. The van der Waals surface area contributed by atoms with E-state index in [0.29, 0.717) is 16.6 Å². The van der Waals surface area contributed by atoms with Crippen LogP contribution in [0.25, 0.3) is 11.0 Å². The Morgan fingerprint density at radius 3 is 2.22 bits per heavy atom. The third kappa shape index (κ3) is 3.48. The molecule has 1 saturated heterocycles. The monoisotopic (exact) mass is 555 g/mol. The van der Waals surface area contributed by atoms with Gasteiger partial charge in [0.25, 0.3) is 0 Å². The molecule has 4 unspecified atom stereocenters. The molecule has 7 heteroatoms. The van der Waals surface area contributed by atoms with Crippen LogP contribution >= 0.6 is 15.9 Å². The molecule has 1 aliphatic heterocycles. The van der Waals surface area contributed by atoms with Crippen molar-refractivity contribution in [2.75, 3.05) is 0 Å². The highest BCUT2D eigenvalue weighted by Gasteiger charge is 2.68. The topological polar surface area (TPSA) is 91.9 Å². The molecule has 6 rings (SSSR count). The highest BCUT2D eigenvalue weighted by Crippen LogP contribution is 2.51. The molecule has 4 aromatic rings. The van der Waals surface area contributed by atoms with Crippen molar-refractivity contribution in [2.24, 2.45) is 11.8 Å². The number of nitrogens with one attached hydrogen (secondary N) is 2. The van der Waals surface area contributed by atoms with Crippen LogP contribution in [0, 0.1) is 11.8 Å². The van der Waals surface area contributed by atoms with Crippen molar-refractivity contribution < 1.29 is 14.4 Å². The van der Waals surface area contributed by atoms with E-state index in [9.17, 15) is 14.4 Å². The highest BCUT2D eigenvalue weighted by molar-refractivity contribution is 9.10. The van der Waals surface area contributed by atoms with E-state index in [4.69, 9.17) is 0 Å². The lowest BCUT2D eigenvalue weighted by molar-refractivity contribution is 0.0652. The van der Waals surface area contributed by atoms with Gasteiger partial charge in [0.1, 0.15) is 0 Å². The standard InChI is InChI=1S/C30H26BrN3O3/c1-3-16(2)25-23(17-12-14-18(31)15-13-17)24(26(35)29-32-21-10-6-7-11-22(21)33-29)30(34-25)27(36)19-8-4-5-9-20(19)28(30)37/h4-16,23-25,34H,3H2,1-2H3,(H,32,33). The van der Waals surface area contributed by atoms with E-state index in [2.05, 4.69) is 45.1 Å². The molecule has 0 radical (unpaired) electrons. The van der Waals surface area contributed by atoms with E-state index in [1.807, 2.05) is 48.5 Å². The van der Waals surface area contributed by atoms with Crippen molar-refractivity contribution in [3.05, 3.63) is 99.8 Å². The number of nitrogens with zero attached hydrogens (tertiary/aromatic N) is 1. The Labute approximate surface area is 223 Å². The lowest BCUT2D eigenvalue weighted by atomic mass is 9.69. The zero-order chi connectivity index (χ0) is 25.9. The Kier molecular flexibility index (Phi) is 5.73. The van der Waals surface area contributed by atoms with E-state index < -0.39 is 17.4 Å². The van der Waals surface area contributed by atoms with Crippen LogP contribution in [-0.4, -0.2) is 38.9 Å². The van der Waals surface area contributed by atoms with Crippen LogP contribution in [0.4, 0.5) is 0 Å². The van der Waals surface area contributed by atoms with Gasteiger partial charge in [-0.25, -0.2) is 4.98 Å². The maximum absolute atomic E-state index is 14.5. The van der Waals surface area contributed by atoms with Gasteiger partial charge in [0, 0.05) is 27.6 Å². The zero-order valence-electron chi connectivity index (χ0n) is 20.5. The van der Waals surface area contributed by atoms with Crippen molar-refractivity contribution in [3.8, 4) is 0 Å². The average Bonchev–Trinajstić information content (AvgIpc) is 3.57. The molecule has 3 aromatic carbocycles. The summed E-state index contributed by atoms with van der Waals surface area (Å²) in [6.07, 6.45) is 0.821. The number of carbonyl (C=O) groups is 3. The quantitative estimate of drug-likeness (QED) is 0.242. The SMILES string of the molecule is CCC(C)C1NC2(C(=O)c3ccccc3C2=O)C(C(=O)c2nc3ccccc3[nH]2)C1c1ccc(Br)cc1. The number of ketones is 3.